The third kappa shape index (κ3) is 6.35. The highest BCUT2D eigenvalue weighted by Gasteiger charge is 2.29. The van der Waals surface area contributed by atoms with Crippen molar-refractivity contribution >= 4 is 59.8 Å². The second kappa shape index (κ2) is 10.4. The van der Waals surface area contributed by atoms with Gasteiger partial charge in [-0.25, -0.2) is 16.8 Å². The fourth-order valence-electron chi connectivity index (χ4n) is 4.22. The normalized spacial score (nSPS) is 12.2. The number of H-pyrrole nitrogens is 1. The number of rotatable bonds is 7. The topological polar surface area (TPSA) is 146 Å². The average Bonchev–Trinajstić information content (AvgIpc) is 3.30. The van der Waals surface area contributed by atoms with Crippen molar-refractivity contribution in [3.8, 4) is 0 Å². The molecular weight excluding hydrogens is 552 g/mol. The maximum atomic E-state index is 13.3. The van der Waals surface area contributed by atoms with Crippen molar-refractivity contribution in [1.82, 2.24) is 4.98 Å². The van der Waals surface area contributed by atoms with Crippen LogP contribution in [0.3, 0.4) is 0 Å². The van der Waals surface area contributed by atoms with Crippen molar-refractivity contribution in [2.45, 2.75) is 26.2 Å². The molecule has 12 heteroatoms. The maximum absolute atomic E-state index is 13.3. The molecule has 3 N–H and O–H groups in total. The standard InChI is InChI=1S/C28H30N4O6S2/c1-28(2,3)20-9-6-19(7-10-20)26(33)31-25-17-22(32(39(4,35)36)40(5,37)38)12-13-23(25)27(34)30-21-11-8-18-14-15-29-24(18)16-21/h6-17,29H,1-5H3,(H,30,34)(H,31,33). The van der Waals surface area contributed by atoms with Gasteiger partial charge in [0.25, 0.3) is 11.8 Å². The third-order valence-corrected chi connectivity index (χ3v) is 9.39. The summed E-state index contributed by atoms with van der Waals surface area (Å²) in [6, 6.07) is 17.7. The van der Waals surface area contributed by atoms with Crippen LogP contribution in [-0.4, -0.2) is 46.1 Å². The number of aromatic nitrogens is 1. The summed E-state index contributed by atoms with van der Waals surface area (Å²) < 4.78 is 49.7. The molecule has 0 radical (unpaired) electrons. The van der Waals surface area contributed by atoms with Gasteiger partial charge in [0.1, 0.15) is 0 Å². The first kappa shape index (κ1) is 28.8. The number of benzene rings is 3. The van der Waals surface area contributed by atoms with Gasteiger partial charge in [0.05, 0.1) is 29.4 Å². The Morgan fingerprint density at radius 1 is 0.775 bits per heavy atom. The number of carbonyl (C=O) groups is 2. The molecule has 1 heterocycles. The second-order valence-corrected chi connectivity index (χ2v) is 14.4. The molecule has 0 aliphatic carbocycles. The summed E-state index contributed by atoms with van der Waals surface area (Å²) in [6.07, 6.45) is 3.27. The van der Waals surface area contributed by atoms with E-state index < -0.39 is 31.9 Å². The van der Waals surface area contributed by atoms with E-state index in [1.807, 2.05) is 45.0 Å². The number of hydrogen-bond acceptors (Lipinski definition) is 6. The van der Waals surface area contributed by atoms with Gasteiger partial charge < -0.3 is 15.6 Å². The molecule has 0 spiro atoms. The molecule has 210 valence electrons. The summed E-state index contributed by atoms with van der Waals surface area (Å²) in [4.78, 5) is 29.6. The minimum atomic E-state index is -4.26. The van der Waals surface area contributed by atoms with Crippen molar-refractivity contribution in [3.05, 3.63) is 89.6 Å². The number of nitrogens with one attached hydrogen (secondary N) is 3. The molecule has 4 aromatic rings. The maximum Gasteiger partial charge on any atom is 0.257 e. The van der Waals surface area contributed by atoms with Gasteiger partial charge >= 0.3 is 0 Å². The lowest BCUT2D eigenvalue weighted by molar-refractivity contribution is 0.102. The van der Waals surface area contributed by atoms with E-state index in [1.165, 1.54) is 12.1 Å². The van der Waals surface area contributed by atoms with E-state index in [0.29, 0.717) is 11.3 Å². The van der Waals surface area contributed by atoms with Gasteiger partial charge in [0.15, 0.2) is 0 Å². The summed E-state index contributed by atoms with van der Waals surface area (Å²) in [7, 11) is -8.52. The highest BCUT2D eigenvalue weighted by atomic mass is 32.3. The zero-order valence-electron chi connectivity index (χ0n) is 22.6. The van der Waals surface area contributed by atoms with Crippen LogP contribution in [0.15, 0.2) is 72.9 Å². The SMILES string of the molecule is CC(C)(C)c1ccc(C(=O)Nc2cc(N(S(C)(=O)=O)S(C)(=O)=O)ccc2C(=O)Nc2ccc3cc[nH]c3c2)cc1. The van der Waals surface area contributed by atoms with Gasteiger partial charge in [0.2, 0.25) is 20.0 Å². The summed E-state index contributed by atoms with van der Waals surface area (Å²) in [5.41, 5.74) is 2.14. The zero-order chi connectivity index (χ0) is 29.5. The highest BCUT2D eigenvalue weighted by molar-refractivity contribution is 8.09. The molecule has 0 saturated heterocycles. The van der Waals surface area contributed by atoms with Crippen LogP contribution in [0.1, 0.15) is 47.1 Å². The molecule has 0 fully saturated rings. The number of aromatic amines is 1. The predicted octanol–water partition coefficient (Wildman–Crippen LogP) is 4.70. The highest BCUT2D eigenvalue weighted by Crippen LogP contribution is 2.29. The monoisotopic (exact) mass is 582 g/mol. The van der Waals surface area contributed by atoms with Crippen LogP contribution in [0.25, 0.3) is 10.9 Å². The van der Waals surface area contributed by atoms with Crippen LogP contribution >= 0.6 is 0 Å². The fourth-order valence-corrected chi connectivity index (χ4v) is 7.18. The van der Waals surface area contributed by atoms with Gasteiger partial charge in [-0.1, -0.05) is 39.0 Å². The average molecular weight is 583 g/mol. The molecule has 0 atom stereocenters. The summed E-state index contributed by atoms with van der Waals surface area (Å²) in [6.45, 7) is 6.13. The summed E-state index contributed by atoms with van der Waals surface area (Å²) in [5, 5.41) is 6.37. The molecule has 0 aliphatic heterocycles. The Balaban J connectivity index is 1.74. The van der Waals surface area contributed by atoms with E-state index in [0.717, 1.165) is 35.0 Å². The molecule has 0 saturated carbocycles. The first-order chi connectivity index (χ1) is 18.5. The van der Waals surface area contributed by atoms with Crippen molar-refractivity contribution in [2.24, 2.45) is 0 Å². The lowest BCUT2D eigenvalue weighted by atomic mass is 9.86. The van der Waals surface area contributed by atoms with Crippen LogP contribution in [0, 0.1) is 0 Å². The number of anilines is 3. The molecule has 10 nitrogen and oxygen atoms in total. The summed E-state index contributed by atoms with van der Waals surface area (Å²) >= 11 is 0. The predicted molar refractivity (Wildman–Crippen MR) is 158 cm³/mol. The Labute approximate surface area is 233 Å². The number of fused-ring (bicyclic) bond motifs is 1. The van der Waals surface area contributed by atoms with Gasteiger partial charge in [0, 0.05) is 23.0 Å². The Bertz CT molecular complexity index is 1790. The van der Waals surface area contributed by atoms with Crippen LogP contribution in [0.4, 0.5) is 17.1 Å². The Kier molecular flexibility index (Phi) is 7.52. The molecule has 40 heavy (non-hydrogen) atoms. The van der Waals surface area contributed by atoms with E-state index in [2.05, 4.69) is 15.6 Å². The molecule has 2 amide bonds. The van der Waals surface area contributed by atoms with Crippen molar-refractivity contribution in [2.75, 3.05) is 26.9 Å². The number of carbonyl (C=O) groups excluding carboxylic acids is 2. The fraction of sp³-hybridized carbons (Fsp3) is 0.214. The second-order valence-electron chi connectivity index (χ2n) is 10.5. The van der Waals surface area contributed by atoms with E-state index in [1.54, 1.807) is 30.5 Å². The van der Waals surface area contributed by atoms with Gasteiger partial charge in [-0.15, -0.1) is 0 Å². The van der Waals surface area contributed by atoms with Crippen LogP contribution in [-0.2, 0) is 25.5 Å². The van der Waals surface area contributed by atoms with E-state index in [9.17, 15) is 26.4 Å². The molecule has 0 unspecified atom stereocenters. The largest absolute Gasteiger partial charge is 0.361 e. The lowest BCUT2D eigenvalue weighted by Gasteiger charge is -2.22. The molecule has 4 rings (SSSR count). The van der Waals surface area contributed by atoms with Crippen LogP contribution in [0.2, 0.25) is 0 Å². The number of hydrogen-bond donors (Lipinski definition) is 3. The minimum absolute atomic E-state index is 0.00283. The van der Waals surface area contributed by atoms with Crippen molar-refractivity contribution < 1.29 is 26.4 Å². The minimum Gasteiger partial charge on any atom is -0.361 e. The Morgan fingerprint density at radius 2 is 1.43 bits per heavy atom. The zero-order valence-corrected chi connectivity index (χ0v) is 24.3. The number of amides is 2. The van der Waals surface area contributed by atoms with E-state index in [4.69, 9.17) is 0 Å². The molecule has 0 aliphatic rings. The Morgan fingerprint density at radius 3 is 2.02 bits per heavy atom. The molecular formula is C28H30N4O6S2. The van der Waals surface area contributed by atoms with Crippen molar-refractivity contribution in [1.29, 1.82) is 0 Å². The first-order valence-corrected chi connectivity index (χ1v) is 15.9. The van der Waals surface area contributed by atoms with Gasteiger partial charge in [-0.3, -0.25) is 9.59 Å². The van der Waals surface area contributed by atoms with Gasteiger partial charge in [-0.05, 0) is 64.9 Å². The third-order valence-electron chi connectivity index (χ3n) is 6.14. The van der Waals surface area contributed by atoms with E-state index >= 15 is 0 Å². The van der Waals surface area contributed by atoms with Crippen molar-refractivity contribution in [3.63, 3.8) is 0 Å². The molecule has 0 bridgehead atoms. The van der Waals surface area contributed by atoms with Crippen LogP contribution in [0.5, 0.6) is 0 Å². The van der Waals surface area contributed by atoms with Gasteiger partial charge in [-0.2, -0.15) is 3.71 Å². The number of sulfonamides is 2. The number of nitrogens with zero attached hydrogens (tertiary/aromatic N) is 1. The quantitative estimate of drug-likeness (QED) is 0.288. The van der Waals surface area contributed by atoms with E-state index in [-0.39, 0.29) is 26.1 Å². The van der Waals surface area contributed by atoms with Crippen LogP contribution < -0.4 is 14.3 Å². The Hall–Kier alpha value is -4.16. The summed E-state index contributed by atoms with van der Waals surface area (Å²) in [5.74, 6) is -1.16. The smallest absolute Gasteiger partial charge is 0.257 e. The molecule has 3 aromatic carbocycles. The lowest BCUT2D eigenvalue weighted by Crippen LogP contribution is -2.35. The first-order valence-electron chi connectivity index (χ1n) is 12.2. The molecule has 1 aromatic heterocycles.